The maximum atomic E-state index is 6.16. The standard InChI is InChI=1S/C17H19Cl2NO/c1-3-12(2)21-16-6-4-5-15(10-16)20-11-13-9-14(18)7-8-17(13)19/h4-10,12,20H,3,11H2,1-2H3. The van der Waals surface area contributed by atoms with Crippen LogP contribution in [0.2, 0.25) is 10.0 Å². The highest BCUT2D eigenvalue weighted by Crippen LogP contribution is 2.23. The van der Waals surface area contributed by atoms with Gasteiger partial charge in [0.25, 0.3) is 0 Å². The first-order valence-corrected chi connectivity index (χ1v) is 7.78. The Balaban J connectivity index is 2.03. The zero-order valence-electron chi connectivity index (χ0n) is 12.2. The van der Waals surface area contributed by atoms with Crippen molar-refractivity contribution in [3.05, 3.63) is 58.1 Å². The monoisotopic (exact) mass is 323 g/mol. The number of ether oxygens (including phenoxy) is 1. The van der Waals surface area contributed by atoms with Gasteiger partial charge in [-0.1, -0.05) is 36.2 Å². The first-order chi connectivity index (χ1) is 10.1. The Morgan fingerprint density at radius 3 is 2.71 bits per heavy atom. The molecule has 0 aliphatic heterocycles. The van der Waals surface area contributed by atoms with Gasteiger partial charge in [0.2, 0.25) is 0 Å². The van der Waals surface area contributed by atoms with Crippen molar-refractivity contribution in [2.45, 2.75) is 32.9 Å². The van der Waals surface area contributed by atoms with E-state index in [2.05, 4.69) is 19.2 Å². The normalized spacial score (nSPS) is 12.0. The minimum absolute atomic E-state index is 0.211. The van der Waals surface area contributed by atoms with E-state index in [1.807, 2.05) is 36.4 Å². The van der Waals surface area contributed by atoms with Crippen LogP contribution in [0.4, 0.5) is 5.69 Å². The Kier molecular flexibility index (Phi) is 5.77. The predicted molar refractivity (Wildman–Crippen MR) is 90.6 cm³/mol. The van der Waals surface area contributed by atoms with E-state index in [0.717, 1.165) is 23.4 Å². The van der Waals surface area contributed by atoms with E-state index in [0.29, 0.717) is 16.6 Å². The van der Waals surface area contributed by atoms with Gasteiger partial charge in [0.05, 0.1) is 6.10 Å². The SMILES string of the molecule is CCC(C)Oc1cccc(NCc2cc(Cl)ccc2Cl)c1. The molecule has 0 aromatic heterocycles. The van der Waals surface area contributed by atoms with Crippen LogP contribution < -0.4 is 10.1 Å². The number of nitrogens with one attached hydrogen (secondary N) is 1. The number of benzene rings is 2. The van der Waals surface area contributed by atoms with Crippen LogP contribution in [0, 0.1) is 0 Å². The Morgan fingerprint density at radius 2 is 1.95 bits per heavy atom. The van der Waals surface area contributed by atoms with Crippen molar-refractivity contribution < 1.29 is 4.74 Å². The molecular weight excluding hydrogens is 305 g/mol. The highest BCUT2D eigenvalue weighted by molar-refractivity contribution is 6.33. The van der Waals surface area contributed by atoms with Crippen LogP contribution in [-0.2, 0) is 6.54 Å². The van der Waals surface area contributed by atoms with Crippen LogP contribution in [0.5, 0.6) is 5.75 Å². The van der Waals surface area contributed by atoms with Gasteiger partial charge in [-0.05, 0) is 49.2 Å². The summed E-state index contributed by atoms with van der Waals surface area (Å²) < 4.78 is 5.81. The molecule has 112 valence electrons. The number of rotatable bonds is 6. The minimum Gasteiger partial charge on any atom is -0.491 e. The summed E-state index contributed by atoms with van der Waals surface area (Å²) in [5.41, 5.74) is 1.96. The molecule has 0 bridgehead atoms. The van der Waals surface area contributed by atoms with Crippen molar-refractivity contribution in [1.29, 1.82) is 0 Å². The third kappa shape index (κ3) is 4.83. The molecule has 0 fully saturated rings. The molecule has 0 aliphatic rings. The highest BCUT2D eigenvalue weighted by atomic mass is 35.5. The van der Waals surface area contributed by atoms with E-state index >= 15 is 0 Å². The molecule has 0 radical (unpaired) electrons. The molecule has 1 unspecified atom stereocenters. The quantitative estimate of drug-likeness (QED) is 0.727. The molecule has 21 heavy (non-hydrogen) atoms. The summed E-state index contributed by atoms with van der Waals surface area (Å²) in [6.07, 6.45) is 1.19. The number of hydrogen-bond acceptors (Lipinski definition) is 2. The second-order valence-corrected chi connectivity index (χ2v) is 5.80. The molecule has 0 spiro atoms. The van der Waals surface area contributed by atoms with Gasteiger partial charge >= 0.3 is 0 Å². The van der Waals surface area contributed by atoms with Gasteiger partial charge in [-0.15, -0.1) is 0 Å². The lowest BCUT2D eigenvalue weighted by Crippen LogP contribution is -2.09. The smallest absolute Gasteiger partial charge is 0.121 e. The maximum absolute atomic E-state index is 6.16. The van der Waals surface area contributed by atoms with Gasteiger partial charge in [0.1, 0.15) is 5.75 Å². The van der Waals surface area contributed by atoms with E-state index in [1.54, 1.807) is 6.07 Å². The van der Waals surface area contributed by atoms with E-state index in [1.165, 1.54) is 0 Å². The predicted octanol–water partition coefficient (Wildman–Crippen LogP) is 5.78. The van der Waals surface area contributed by atoms with Gasteiger partial charge < -0.3 is 10.1 Å². The first kappa shape index (κ1) is 16.0. The fraction of sp³-hybridized carbons (Fsp3) is 0.294. The van der Waals surface area contributed by atoms with Crippen molar-refractivity contribution in [1.82, 2.24) is 0 Å². The van der Waals surface area contributed by atoms with Crippen molar-refractivity contribution in [3.8, 4) is 5.75 Å². The third-order valence-corrected chi connectivity index (χ3v) is 3.84. The fourth-order valence-corrected chi connectivity index (χ4v) is 2.25. The fourth-order valence-electron chi connectivity index (χ4n) is 1.87. The summed E-state index contributed by atoms with van der Waals surface area (Å²) in [6.45, 7) is 4.78. The molecule has 2 nitrogen and oxygen atoms in total. The van der Waals surface area contributed by atoms with Gasteiger partial charge in [-0.2, -0.15) is 0 Å². The minimum atomic E-state index is 0.211. The largest absolute Gasteiger partial charge is 0.491 e. The van der Waals surface area contributed by atoms with E-state index in [-0.39, 0.29) is 6.10 Å². The Morgan fingerprint density at radius 1 is 1.14 bits per heavy atom. The zero-order valence-corrected chi connectivity index (χ0v) is 13.7. The molecule has 0 amide bonds. The van der Waals surface area contributed by atoms with Crippen LogP contribution in [0.15, 0.2) is 42.5 Å². The zero-order chi connectivity index (χ0) is 15.2. The summed E-state index contributed by atoms with van der Waals surface area (Å²) in [4.78, 5) is 0. The van der Waals surface area contributed by atoms with Crippen LogP contribution in [-0.4, -0.2) is 6.10 Å². The second kappa shape index (κ2) is 7.58. The van der Waals surface area contributed by atoms with Crippen molar-refractivity contribution in [2.75, 3.05) is 5.32 Å². The third-order valence-electron chi connectivity index (χ3n) is 3.24. The molecule has 4 heteroatoms. The van der Waals surface area contributed by atoms with Gasteiger partial charge in [-0.25, -0.2) is 0 Å². The molecular formula is C17H19Cl2NO. The molecule has 2 rings (SSSR count). The molecule has 1 N–H and O–H groups in total. The summed E-state index contributed by atoms with van der Waals surface area (Å²) in [5.74, 6) is 0.867. The first-order valence-electron chi connectivity index (χ1n) is 7.03. The molecule has 2 aromatic carbocycles. The summed E-state index contributed by atoms with van der Waals surface area (Å²) >= 11 is 12.1. The second-order valence-electron chi connectivity index (χ2n) is 4.95. The lowest BCUT2D eigenvalue weighted by Gasteiger charge is -2.14. The van der Waals surface area contributed by atoms with Gasteiger partial charge in [0.15, 0.2) is 0 Å². The molecule has 0 saturated heterocycles. The Hall–Kier alpha value is -1.38. The van der Waals surface area contributed by atoms with E-state index in [4.69, 9.17) is 27.9 Å². The Labute approximate surface area is 136 Å². The summed E-state index contributed by atoms with van der Waals surface area (Å²) in [5, 5.41) is 4.73. The highest BCUT2D eigenvalue weighted by Gasteiger charge is 2.04. The van der Waals surface area contributed by atoms with E-state index < -0.39 is 0 Å². The lowest BCUT2D eigenvalue weighted by molar-refractivity contribution is 0.217. The van der Waals surface area contributed by atoms with Crippen LogP contribution in [0.1, 0.15) is 25.8 Å². The van der Waals surface area contributed by atoms with Gasteiger partial charge in [-0.3, -0.25) is 0 Å². The lowest BCUT2D eigenvalue weighted by atomic mass is 10.2. The molecule has 0 saturated carbocycles. The number of anilines is 1. The molecule has 0 heterocycles. The van der Waals surface area contributed by atoms with Crippen LogP contribution in [0.3, 0.4) is 0 Å². The maximum Gasteiger partial charge on any atom is 0.121 e. The molecule has 2 aromatic rings. The van der Waals surface area contributed by atoms with Crippen molar-refractivity contribution >= 4 is 28.9 Å². The topological polar surface area (TPSA) is 21.3 Å². The van der Waals surface area contributed by atoms with Gasteiger partial charge in [0, 0.05) is 28.3 Å². The molecule has 0 aliphatic carbocycles. The van der Waals surface area contributed by atoms with E-state index in [9.17, 15) is 0 Å². The molecule has 1 atom stereocenters. The Bertz CT molecular complexity index is 601. The van der Waals surface area contributed by atoms with Crippen molar-refractivity contribution in [2.24, 2.45) is 0 Å². The summed E-state index contributed by atoms with van der Waals surface area (Å²) in [6, 6.07) is 13.4. The average molecular weight is 324 g/mol. The van der Waals surface area contributed by atoms with Crippen molar-refractivity contribution in [3.63, 3.8) is 0 Å². The average Bonchev–Trinajstić information content (AvgIpc) is 2.48. The van der Waals surface area contributed by atoms with Crippen LogP contribution in [0.25, 0.3) is 0 Å². The summed E-state index contributed by atoms with van der Waals surface area (Å²) in [7, 11) is 0. The number of hydrogen-bond donors (Lipinski definition) is 1. The van der Waals surface area contributed by atoms with Crippen LogP contribution >= 0.6 is 23.2 Å². The number of halogens is 2.